The van der Waals surface area contributed by atoms with Crippen molar-refractivity contribution in [3.8, 4) is 0 Å². The van der Waals surface area contributed by atoms with Crippen LogP contribution in [-0.4, -0.2) is 0 Å². The summed E-state index contributed by atoms with van der Waals surface area (Å²) in [4.78, 5) is 21.9. The highest BCUT2D eigenvalue weighted by molar-refractivity contribution is 5.49. The largest absolute Gasteiger partial charge is 0.375 e. The van der Waals surface area contributed by atoms with E-state index in [0.29, 0.717) is 5.69 Å². The van der Waals surface area contributed by atoms with Crippen LogP contribution in [0.3, 0.4) is 0 Å². The van der Waals surface area contributed by atoms with Crippen molar-refractivity contribution in [1.29, 1.82) is 0 Å². The summed E-state index contributed by atoms with van der Waals surface area (Å²) in [6.45, 7) is 4.08. The van der Waals surface area contributed by atoms with Gasteiger partial charge in [-0.3, -0.25) is 9.59 Å². The average Bonchev–Trinajstić information content (AvgIpc) is 2.38. The second-order valence-electron chi connectivity index (χ2n) is 4.21. The van der Waals surface area contributed by atoms with Crippen LogP contribution in [0.25, 0.3) is 0 Å². The van der Waals surface area contributed by atoms with Gasteiger partial charge in [-0.2, -0.15) is 0 Å². The molecule has 2 aromatic rings. The molecule has 0 heterocycles. The van der Waals surface area contributed by atoms with Gasteiger partial charge in [0.1, 0.15) is 0 Å². The standard InChI is InChI=1S/C14H15NO2/c1-3-10-4-6-11(7-5-10)9(2)15-12-8-13(16)14(12)17/h4-9,15H,3H2,1-2H3/t9-/m1/s1. The van der Waals surface area contributed by atoms with Gasteiger partial charge in [-0.05, 0) is 24.5 Å². The highest BCUT2D eigenvalue weighted by Crippen LogP contribution is 2.17. The molecule has 0 radical (unpaired) electrons. The SMILES string of the molecule is CCc1ccc([C@@H](C)Nc2cc(=O)c2=O)cc1. The Morgan fingerprint density at radius 3 is 2.29 bits per heavy atom. The van der Waals surface area contributed by atoms with E-state index in [4.69, 9.17) is 0 Å². The van der Waals surface area contributed by atoms with Gasteiger partial charge in [0.05, 0.1) is 5.69 Å². The first kappa shape index (κ1) is 11.6. The zero-order chi connectivity index (χ0) is 12.4. The molecule has 1 N–H and O–H groups in total. The van der Waals surface area contributed by atoms with Crippen LogP contribution in [0.15, 0.2) is 39.9 Å². The van der Waals surface area contributed by atoms with E-state index in [1.807, 2.05) is 19.1 Å². The van der Waals surface area contributed by atoms with Crippen LogP contribution in [0.1, 0.15) is 31.0 Å². The number of nitrogens with one attached hydrogen (secondary N) is 1. The summed E-state index contributed by atoms with van der Waals surface area (Å²) in [5.74, 6) is 0. The Labute approximate surface area is 99.8 Å². The van der Waals surface area contributed by atoms with Crippen molar-refractivity contribution in [2.24, 2.45) is 0 Å². The first-order valence-corrected chi connectivity index (χ1v) is 5.77. The summed E-state index contributed by atoms with van der Waals surface area (Å²) in [5.41, 5.74) is 1.98. The van der Waals surface area contributed by atoms with Gasteiger partial charge in [0.15, 0.2) is 0 Å². The van der Waals surface area contributed by atoms with Gasteiger partial charge in [0.25, 0.3) is 0 Å². The number of benzene rings is 1. The van der Waals surface area contributed by atoms with E-state index < -0.39 is 10.9 Å². The van der Waals surface area contributed by atoms with Crippen molar-refractivity contribution in [2.45, 2.75) is 26.3 Å². The molecular weight excluding hydrogens is 214 g/mol. The third-order valence-electron chi connectivity index (χ3n) is 3.00. The maximum atomic E-state index is 11.1. The minimum Gasteiger partial charge on any atom is -0.375 e. The zero-order valence-electron chi connectivity index (χ0n) is 9.99. The summed E-state index contributed by atoms with van der Waals surface area (Å²) in [5, 5.41) is 3.04. The van der Waals surface area contributed by atoms with Gasteiger partial charge in [0.2, 0.25) is 10.9 Å². The molecule has 2 aromatic carbocycles. The highest BCUT2D eigenvalue weighted by Gasteiger charge is 2.12. The van der Waals surface area contributed by atoms with Crippen molar-refractivity contribution in [3.05, 3.63) is 61.9 Å². The molecule has 0 saturated carbocycles. The van der Waals surface area contributed by atoms with E-state index in [1.54, 1.807) is 0 Å². The molecule has 2 rings (SSSR count). The van der Waals surface area contributed by atoms with Crippen LogP contribution in [0.4, 0.5) is 5.69 Å². The Morgan fingerprint density at radius 1 is 1.18 bits per heavy atom. The molecule has 0 aliphatic carbocycles. The van der Waals surface area contributed by atoms with E-state index in [1.165, 1.54) is 11.6 Å². The molecule has 3 heteroatoms. The lowest BCUT2D eigenvalue weighted by molar-refractivity contribution is 0.877. The van der Waals surface area contributed by atoms with Crippen LogP contribution < -0.4 is 16.2 Å². The van der Waals surface area contributed by atoms with Gasteiger partial charge < -0.3 is 5.32 Å². The number of anilines is 1. The van der Waals surface area contributed by atoms with E-state index in [-0.39, 0.29) is 6.04 Å². The number of rotatable bonds is 4. The predicted molar refractivity (Wildman–Crippen MR) is 69.2 cm³/mol. The average molecular weight is 229 g/mol. The lowest BCUT2D eigenvalue weighted by Crippen LogP contribution is -2.33. The molecule has 0 bridgehead atoms. The number of aryl methyl sites for hydroxylation is 1. The molecule has 0 aliphatic heterocycles. The van der Waals surface area contributed by atoms with Crippen LogP contribution in [0.2, 0.25) is 0 Å². The Balaban J connectivity index is 2.10. The maximum Gasteiger partial charge on any atom is 0.248 e. The van der Waals surface area contributed by atoms with Gasteiger partial charge >= 0.3 is 0 Å². The van der Waals surface area contributed by atoms with Crippen LogP contribution >= 0.6 is 0 Å². The third-order valence-corrected chi connectivity index (χ3v) is 3.00. The third kappa shape index (κ3) is 2.28. The summed E-state index contributed by atoms with van der Waals surface area (Å²) >= 11 is 0. The van der Waals surface area contributed by atoms with E-state index in [9.17, 15) is 9.59 Å². The molecule has 0 fully saturated rings. The quantitative estimate of drug-likeness (QED) is 0.816. The maximum absolute atomic E-state index is 11.1. The second-order valence-corrected chi connectivity index (χ2v) is 4.21. The monoisotopic (exact) mass is 229 g/mol. The molecule has 0 amide bonds. The first-order valence-electron chi connectivity index (χ1n) is 5.77. The van der Waals surface area contributed by atoms with Crippen LogP contribution in [-0.2, 0) is 6.42 Å². The van der Waals surface area contributed by atoms with Crippen molar-refractivity contribution in [3.63, 3.8) is 0 Å². The van der Waals surface area contributed by atoms with Crippen LogP contribution in [0.5, 0.6) is 0 Å². The van der Waals surface area contributed by atoms with Crippen LogP contribution in [0, 0.1) is 0 Å². The summed E-state index contributed by atoms with van der Waals surface area (Å²) in [6, 6.07) is 9.62. The van der Waals surface area contributed by atoms with E-state index in [2.05, 4.69) is 24.4 Å². The van der Waals surface area contributed by atoms with E-state index >= 15 is 0 Å². The molecule has 17 heavy (non-hydrogen) atoms. The number of hydrogen-bond donors (Lipinski definition) is 1. The fourth-order valence-electron chi connectivity index (χ4n) is 1.78. The lowest BCUT2D eigenvalue weighted by atomic mass is 10.0. The molecular formula is C14H15NO2. The van der Waals surface area contributed by atoms with Gasteiger partial charge in [-0.15, -0.1) is 0 Å². The zero-order valence-corrected chi connectivity index (χ0v) is 9.99. The van der Waals surface area contributed by atoms with Crippen molar-refractivity contribution in [1.82, 2.24) is 0 Å². The van der Waals surface area contributed by atoms with Gasteiger partial charge in [-0.1, -0.05) is 31.2 Å². The molecule has 88 valence electrons. The number of hydrogen-bond acceptors (Lipinski definition) is 3. The minimum atomic E-state index is -0.416. The molecule has 0 saturated heterocycles. The van der Waals surface area contributed by atoms with Gasteiger partial charge in [-0.25, -0.2) is 0 Å². The summed E-state index contributed by atoms with van der Waals surface area (Å²) in [7, 11) is 0. The molecule has 0 unspecified atom stereocenters. The van der Waals surface area contributed by atoms with Crippen molar-refractivity contribution in [2.75, 3.05) is 5.32 Å². The Morgan fingerprint density at radius 2 is 1.82 bits per heavy atom. The second kappa shape index (κ2) is 4.53. The fourth-order valence-corrected chi connectivity index (χ4v) is 1.78. The molecule has 0 aliphatic rings. The topological polar surface area (TPSA) is 46.2 Å². The summed E-state index contributed by atoms with van der Waals surface area (Å²) < 4.78 is 0. The molecule has 0 aromatic heterocycles. The first-order chi connectivity index (χ1) is 8.11. The Bertz CT molecular complexity index is 577. The lowest BCUT2D eigenvalue weighted by Gasteiger charge is -2.16. The summed E-state index contributed by atoms with van der Waals surface area (Å²) in [6.07, 6.45) is 1.01. The Hall–Kier alpha value is -1.90. The van der Waals surface area contributed by atoms with Crippen molar-refractivity contribution >= 4 is 5.69 Å². The van der Waals surface area contributed by atoms with Crippen molar-refractivity contribution < 1.29 is 0 Å². The molecule has 3 nitrogen and oxygen atoms in total. The molecule has 0 spiro atoms. The fraction of sp³-hybridized carbons (Fsp3) is 0.286. The van der Waals surface area contributed by atoms with E-state index in [0.717, 1.165) is 12.0 Å². The predicted octanol–water partition coefficient (Wildman–Crippen LogP) is 2.02. The normalized spacial score (nSPS) is 12.6. The highest BCUT2D eigenvalue weighted by atomic mass is 16.2. The molecule has 1 atom stereocenters. The Kier molecular flexibility index (Phi) is 3.09. The minimum absolute atomic E-state index is 0.0317. The smallest absolute Gasteiger partial charge is 0.248 e. The van der Waals surface area contributed by atoms with Gasteiger partial charge in [0, 0.05) is 12.1 Å².